The highest BCUT2D eigenvalue weighted by atomic mass is 79.9. The monoisotopic (exact) mass is 582 g/mol. The average Bonchev–Trinajstić information content (AvgIpc) is 2.93. The van der Waals surface area contributed by atoms with Gasteiger partial charge in [-0.1, -0.05) is 12.1 Å². The number of ether oxygens (including phenoxy) is 2. The largest absolute Gasteiger partial charge is 0.497 e. The number of carbonyl (C=O) groups excluding carboxylic acids is 1. The zero-order valence-electron chi connectivity index (χ0n) is 21.2. The third-order valence-corrected chi connectivity index (χ3v) is 7.78. The molecule has 2 aromatic carbocycles. The van der Waals surface area contributed by atoms with E-state index in [1.165, 1.54) is 0 Å². The van der Waals surface area contributed by atoms with E-state index in [4.69, 9.17) is 14.5 Å². The van der Waals surface area contributed by atoms with Crippen molar-refractivity contribution in [2.24, 2.45) is 0 Å². The molecule has 0 unspecified atom stereocenters. The lowest BCUT2D eigenvalue weighted by Crippen LogP contribution is -2.59. The van der Waals surface area contributed by atoms with Crippen molar-refractivity contribution >= 4 is 38.6 Å². The molecule has 38 heavy (non-hydrogen) atoms. The number of aromatic nitrogens is 2. The summed E-state index contributed by atoms with van der Waals surface area (Å²) in [4.78, 5) is 28.2. The molecule has 1 saturated heterocycles. The van der Waals surface area contributed by atoms with Crippen molar-refractivity contribution in [1.29, 1.82) is 5.26 Å². The number of methoxy groups -OCH3 is 1. The van der Waals surface area contributed by atoms with Crippen LogP contribution in [0.1, 0.15) is 18.4 Å². The molecule has 0 aliphatic carbocycles. The summed E-state index contributed by atoms with van der Waals surface area (Å²) in [5.74, 6) is 0.762. The quantitative estimate of drug-likeness (QED) is 0.459. The molecule has 3 aromatic rings. The van der Waals surface area contributed by atoms with Gasteiger partial charge in [-0.15, -0.1) is 0 Å². The van der Waals surface area contributed by atoms with Crippen molar-refractivity contribution < 1.29 is 18.7 Å². The van der Waals surface area contributed by atoms with Crippen LogP contribution >= 0.6 is 15.9 Å². The number of likely N-dealkylation sites (N-methyl/N-ethyl adjacent to an activating group) is 1. The van der Waals surface area contributed by atoms with Crippen LogP contribution < -0.4 is 14.4 Å². The van der Waals surface area contributed by atoms with Crippen molar-refractivity contribution in [3.05, 3.63) is 52.3 Å². The van der Waals surface area contributed by atoms with Crippen molar-refractivity contribution in [1.82, 2.24) is 19.8 Å². The molecule has 0 spiro atoms. The molecule has 0 radical (unpaired) electrons. The number of piperazine rings is 1. The number of rotatable bonds is 4. The summed E-state index contributed by atoms with van der Waals surface area (Å²) in [6.07, 6.45) is 0.536. The lowest BCUT2D eigenvalue weighted by molar-refractivity contribution is -0.130. The molecule has 0 saturated carbocycles. The molecule has 3 heterocycles. The van der Waals surface area contributed by atoms with Crippen LogP contribution in [0.2, 0.25) is 0 Å². The molecule has 2 aliphatic heterocycles. The van der Waals surface area contributed by atoms with Gasteiger partial charge in [-0.3, -0.25) is 9.69 Å². The SMILES string of the molecule is COc1ccc(CN2C[C@H]3CC(=O)N(C)CCOc4nc(c5ccc(Br)c(F)c5n4)N3C[C@@H]2CC#N)cc1. The molecule has 11 heteroatoms. The van der Waals surface area contributed by atoms with Gasteiger partial charge in [0.05, 0.1) is 36.7 Å². The van der Waals surface area contributed by atoms with Crippen LogP contribution in [-0.2, 0) is 11.3 Å². The number of carbonyl (C=O) groups is 1. The molecular weight excluding hydrogens is 555 g/mol. The second kappa shape index (κ2) is 11.1. The first-order chi connectivity index (χ1) is 18.4. The number of hydrogen-bond donors (Lipinski definition) is 0. The fourth-order valence-electron chi connectivity index (χ4n) is 5.04. The Bertz CT molecular complexity index is 1380. The number of halogens is 2. The van der Waals surface area contributed by atoms with E-state index in [0.717, 1.165) is 11.3 Å². The third kappa shape index (κ3) is 5.24. The molecule has 9 nitrogen and oxygen atoms in total. The summed E-state index contributed by atoms with van der Waals surface area (Å²) >= 11 is 3.25. The minimum absolute atomic E-state index is 0.0204. The molecule has 5 rings (SSSR count). The maximum atomic E-state index is 15.2. The van der Waals surface area contributed by atoms with E-state index in [9.17, 15) is 10.1 Å². The van der Waals surface area contributed by atoms with E-state index >= 15 is 4.39 Å². The van der Waals surface area contributed by atoms with E-state index in [1.54, 1.807) is 31.2 Å². The third-order valence-electron chi connectivity index (χ3n) is 7.17. The summed E-state index contributed by atoms with van der Waals surface area (Å²) in [6, 6.07) is 13.2. The number of fused-ring (bicyclic) bond motifs is 6. The number of nitriles is 1. The van der Waals surface area contributed by atoms with Crippen molar-refractivity contribution in [3.63, 3.8) is 0 Å². The fraction of sp³-hybridized carbons (Fsp3) is 0.407. The standard InChI is InChI=1S/C27H28BrFN6O3/c1-33-11-12-38-27-31-25-21(7-8-22(28)24(25)29)26(32-27)35-16-18(9-10-30)34(15-19(35)13-23(33)36)14-17-3-5-20(37-2)6-4-17/h3-8,18-19H,9,11-16H2,1-2H3/t18-,19+/m0/s1. The van der Waals surface area contributed by atoms with Crippen LogP contribution in [0.5, 0.6) is 11.8 Å². The number of benzene rings is 2. The first-order valence-corrected chi connectivity index (χ1v) is 13.2. The Morgan fingerprint density at radius 3 is 2.74 bits per heavy atom. The zero-order chi connectivity index (χ0) is 26.8. The van der Waals surface area contributed by atoms with Gasteiger partial charge >= 0.3 is 6.01 Å². The molecule has 1 fully saturated rings. The first-order valence-electron chi connectivity index (χ1n) is 12.4. The van der Waals surface area contributed by atoms with Crippen molar-refractivity contribution in [2.75, 3.05) is 45.3 Å². The van der Waals surface area contributed by atoms with Crippen molar-refractivity contribution in [2.45, 2.75) is 31.5 Å². The topological polar surface area (TPSA) is 94.8 Å². The van der Waals surface area contributed by atoms with Gasteiger partial charge in [-0.2, -0.15) is 15.2 Å². The summed E-state index contributed by atoms with van der Waals surface area (Å²) in [5.41, 5.74) is 1.23. The molecule has 1 aromatic heterocycles. The first kappa shape index (κ1) is 26.1. The van der Waals surface area contributed by atoms with E-state index in [1.807, 2.05) is 29.2 Å². The van der Waals surface area contributed by atoms with E-state index < -0.39 is 5.82 Å². The summed E-state index contributed by atoms with van der Waals surface area (Å²) in [6.45, 7) is 2.13. The Balaban J connectivity index is 1.58. The summed E-state index contributed by atoms with van der Waals surface area (Å²) in [5, 5.41) is 10.2. The van der Waals surface area contributed by atoms with Crippen LogP contribution in [0.3, 0.4) is 0 Å². The predicted molar refractivity (Wildman–Crippen MR) is 144 cm³/mol. The van der Waals surface area contributed by atoms with Gasteiger partial charge in [-0.25, -0.2) is 4.39 Å². The molecule has 2 atom stereocenters. The van der Waals surface area contributed by atoms with Crippen LogP contribution in [0.15, 0.2) is 40.9 Å². The molecule has 0 N–H and O–H groups in total. The minimum Gasteiger partial charge on any atom is -0.497 e. The highest BCUT2D eigenvalue weighted by Crippen LogP contribution is 2.35. The number of hydrogen-bond acceptors (Lipinski definition) is 8. The lowest BCUT2D eigenvalue weighted by Gasteiger charge is -2.46. The molecule has 1 amide bonds. The maximum Gasteiger partial charge on any atom is 0.319 e. The van der Waals surface area contributed by atoms with Gasteiger partial charge in [-0.05, 0) is 45.8 Å². The summed E-state index contributed by atoms with van der Waals surface area (Å²) < 4.78 is 26.5. The Kier molecular flexibility index (Phi) is 7.63. The molecule has 2 bridgehead atoms. The average molecular weight is 583 g/mol. The van der Waals surface area contributed by atoms with Crippen molar-refractivity contribution in [3.8, 4) is 17.8 Å². The fourth-order valence-corrected chi connectivity index (χ4v) is 5.36. The molecule has 2 aliphatic rings. The van der Waals surface area contributed by atoms with Gasteiger partial charge in [0.2, 0.25) is 5.91 Å². The summed E-state index contributed by atoms with van der Waals surface area (Å²) in [7, 11) is 3.37. The number of amides is 1. The highest BCUT2D eigenvalue weighted by molar-refractivity contribution is 9.10. The van der Waals surface area contributed by atoms with Crippen LogP contribution in [-0.4, -0.2) is 78.2 Å². The maximum absolute atomic E-state index is 15.2. The van der Waals surface area contributed by atoms with Gasteiger partial charge in [0.1, 0.15) is 23.7 Å². The van der Waals surface area contributed by atoms with Gasteiger partial charge in [0, 0.05) is 44.5 Å². The van der Waals surface area contributed by atoms with E-state index in [-0.39, 0.29) is 42.5 Å². The Morgan fingerprint density at radius 2 is 2.00 bits per heavy atom. The number of anilines is 1. The highest BCUT2D eigenvalue weighted by Gasteiger charge is 2.37. The van der Waals surface area contributed by atoms with Gasteiger partial charge in [0.15, 0.2) is 5.82 Å². The van der Waals surface area contributed by atoms with E-state index in [0.29, 0.717) is 48.3 Å². The Hall–Kier alpha value is -3.49. The molecule has 198 valence electrons. The Labute approximate surface area is 228 Å². The normalized spacial score (nSPS) is 20.3. The molecular formula is C27H28BrFN6O3. The smallest absolute Gasteiger partial charge is 0.319 e. The second-order valence-electron chi connectivity index (χ2n) is 9.55. The Morgan fingerprint density at radius 1 is 1.21 bits per heavy atom. The van der Waals surface area contributed by atoms with Gasteiger partial charge in [0.25, 0.3) is 0 Å². The van der Waals surface area contributed by atoms with Crippen LogP contribution in [0, 0.1) is 17.1 Å². The van der Waals surface area contributed by atoms with Gasteiger partial charge < -0.3 is 19.3 Å². The number of nitrogens with zero attached hydrogens (tertiary/aromatic N) is 6. The predicted octanol–water partition coefficient (Wildman–Crippen LogP) is 3.75. The van der Waals surface area contributed by atoms with Crippen LogP contribution in [0.4, 0.5) is 10.2 Å². The van der Waals surface area contributed by atoms with E-state index in [2.05, 4.69) is 31.9 Å². The zero-order valence-corrected chi connectivity index (χ0v) is 22.8. The second-order valence-corrected chi connectivity index (χ2v) is 10.4. The minimum atomic E-state index is -0.498. The van der Waals surface area contributed by atoms with Crippen LogP contribution in [0.25, 0.3) is 10.9 Å². The lowest BCUT2D eigenvalue weighted by atomic mass is 9.99.